The van der Waals surface area contributed by atoms with Crippen LogP contribution in [0.1, 0.15) is 43.7 Å². The Morgan fingerprint density at radius 3 is 2.00 bits per heavy atom. The number of nitrogens with two attached hydrogens (primary N) is 1. The van der Waals surface area contributed by atoms with Crippen LogP contribution in [0.15, 0.2) is 18.2 Å². The first-order valence-corrected chi connectivity index (χ1v) is 6.16. The fraction of sp³-hybridized carbons (Fsp3) is 0.571. The zero-order valence-electron chi connectivity index (χ0n) is 11.1. The Balaban J connectivity index is 0.000000304. The van der Waals surface area contributed by atoms with Gasteiger partial charge in [0.25, 0.3) is 0 Å². The molecule has 3 nitrogen and oxygen atoms in total. The molecule has 0 saturated carbocycles. The van der Waals surface area contributed by atoms with Crippen LogP contribution in [0.3, 0.4) is 0 Å². The van der Waals surface area contributed by atoms with Gasteiger partial charge in [-0.1, -0.05) is 38.0 Å². The first kappa shape index (κ1) is 15.9. The number of aliphatic hydroxyl groups excluding tert-OH is 1. The van der Waals surface area contributed by atoms with Crippen molar-refractivity contribution in [3.63, 3.8) is 0 Å². The summed E-state index contributed by atoms with van der Waals surface area (Å²) < 4.78 is 0. The molecule has 1 rings (SSSR count). The van der Waals surface area contributed by atoms with Crippen molar-refractivity contribution < 1.29 is 10.2 Å². The normalized spacial score (nSPS) is 10.0. The number of nitrogen functional groups attached to an aromatic ring is 1. The maximum atomic E-state index is 8.33. The molecule has 0 saturated heterocycles. The summed E-state index contributed by atoms with van der Waals surface area (Å²) in [6, 6.07) is 6.05. The lowest BCUT2D eigenvalue weighted by Crippen LogP contribution is -2.02. The molecule has 0 aliphatic heterocycles. The molecule has 0 spiro atoms. The van der Waals surface area contributed by atoms with Gasteiger partial charge in [0.05, 0.1) is 0 Å². The van der Waals surface area contributed by atoms with Gasteiger partial charge in [-0.25, -0.2) is 0 Å². The van der Waals surface area contributed by atoms with Crippen molar-refractivity contribution in [2.45, 2.75) is 52.7 Å². The highest BCUT2D eigenvalue weighted by Gasteiger charge is 1.94. The van der Waals surface area contributed by atoms with Gasteiger partial charge in [-0.15, -0.1) is 0 Å². The maximum Gasteiger partial charge on any atom is 0.151 e. The van der Waals surface area contributed by atoms with Crippen molar-refractivity contribution in [3.05, 3.63) is 29.3 Å². The van der Waals surface area contributed by atoms with Crippen molar-refractivity contribution in [3.8, 4) is 0 Å². The van der Waals surface area contributed by atoms with Crippen LogP contribution < -0.4 is 5.73 Å². The van der Waals surface area contributed by atoms with Crippen LogP contribution in [0.4, 0.5) is 5.69 Å². The second-order valence-electron chi connectivity index (χ2n) is 4.28. The Morgan fingerprint density at radius 2 is 1.65 bits per heavy atom. The zero-order chi connectivity index (χ0) is 13.3. The minimum absolute atomic E-state index is 0.522. The number of rotatable bonds is 4. The van der Waals surface area contributed by atoms with Crippen LogP contribution >= 0.6 is 0 Å². The van der Waals surface area contributed by atoms with E-state index in [-0.39, 0.29) is 0 Å². The summed E-state index contributed by atoms with van der Waals surface area (Å²) in [5.74, 6) is 0. The molecular formula is C14H25NO2. The number of para-hydroxylation sites is 1. The molecule has 4 N–H and O–H groups in total. The Kier molecular flexibility index (Phi) is 8.46. The summed E-state index contributed by atoms with van der Waals surface area (Å²) in [5.41, 5.74) is 8.92. The van der Waals surface area contributed by atoms with E-state index in [4.69, 9.17) is 15.9 Å². The third kappa shape index (κ3) is 7.77. The second-order valence-corrected chi connectivity index (χ2v) is 4.28. The third-order valence-electron chi connectivity index (χ3n) is 2.61. The minimum Gasteiger partial charge on any atom is -0.398 e. The van der Waals surface area contributed by atoms with Crippen molar-refractivity contribution in [1.29, 1.82) is 0 Å². The molecule has 0 bridgehead atoms. The Hall–Kier alpha value is -1.06. The molecule has 0 amide bonds. The first-order chi connectivity index (χ1) is 7.99. The Bertz CT molecular complexity index is 291. The van der Waals surface area contributed by atoms with Crippen LogP contribution in [0.5, 0.6) is 0 Å². The van der Waals surface area contributed by atoms with Crippen molar-refractivity contribution in [2.24, 2.45) is 0 Å². The number of hydrogen-bond acceptors (Lipinski definition) is 3. The van der Waals surface area contributed by atoms with Gasteiger partial charge in [0.2, 0.25) is 0 Å². The van der Waals surface area contributed by atoms with E-state index in [0.29, 0.717) is 6.42 Å². The summed E-state index contributed by atoms with van der Waals surface area (Å²) in [4.78, 5) is 0. The van der Waals surface area contributed by atoms with Crippen LogP contribution in [-0.4, -0.2) is 16.5 Å². The first-order valence-electron chi connectivity index (χ1n) is 6.16. The van der Waals surface area contributed by atoms with Gasteiger partial charge >= 0.3 is 0 Å². The molecule has 0 aliphatic carbocycles. The van der Waals surface area contributed by atoms with Crippen LogP contribution in [-0.2, 0) is 0 Å². The molecule has 3 heteroatoms. The highest BCUT2D eigenvalue weighted by Crippen LogP contribution is 2.13. The lowest BCUT2D eigenvalue weighted by atomic mass is 10.1. The number of benzene rings is 1. The molecule has 0 fully saturated rings. The van der Waals surface area contributed by atoms with Gasteiger partial charge in [0.15, 0.2) is 6.29 Å². The van der Waals surface area contributed by atoms with E-state index in [1.807, 2.05) is 32.0 Å². The standard InChI is InChI=1S/C8H11N.C6H14O2/c1-6-4-3-5-7(2)8(6)9;1-2-3-4-5-6(7)8/h3-5H,9H2,1-2H3;6-8H,2-5H2,1H3. The molecule has 98 valence electrons. The summed E-state index contributed by atoms with van der Waals surface area (Å²) in [7, 11) is 0. The van der Waals surface area contributed by atoms with Crippen LogP contribution in [0.25, 0.3) is 0 Å². The maximum absolute atomic E-state index is 8.33. The summed E-state index contributed by atoms with van der Waals surface area (Å²) in [5, 5.41) is 16.7. The molecular weight excluding hydrogens is 214 g/mol. The predicted octanol–water partition coefficient (Wildman–Crippen LogP) is 2.76. The molecule has 0 radical (unpaired) electrons. The van der Waals surface area contributed by atoms with Gasteiger partial charge in [-0.3, -0.25) is 0 Å². The Labute approximate surface area is 104 Å². The molecule has 0 heterocycles. The molecule has 0 aliphatic rings. The highest BCUT2D eigenvalue weighted by atomic mass is 16.5. The smallest absolute Gasteiger partial charge is 0.151 e. The van der Waals surface area contributed by atoms with Crippen LogP contribution in [0, 0.1) is 13.8 Å². The van der Waals surface area contributed by atoms with E-state index < -0.39 is 6.29 Å². The van der Waals surface area contributed by atoms with Crippen LogP contribution in [0.2, 0.25) is 0 Å². The number of aryl methyl sites for hydroxylation is 2. The van der Waals surface area contributed by atoms with E-state index in [2.05, 4.69) is 6.92 Å². The largest absolute Gasteiger partial charge is 0.398 e. The highest BCUT2D eigenvalue weighted by molar-refractivity contribution is 5.52. The van der Waals surface area contributed by atoms with E-state index in [9.17, 15) is 0 Å². The van der Waals surface area contributed by atoms with Crippen molar-refractivity contribution in [1.82, 2.24) is 0 Å². The molecule has 1 aromatic carbocycles. The van der Waals surface area contributed by atoms with E-state index >= 15 is 0 Å². The van der Waals surface area contributed by atoms with Gasteiger partial charge in [-0.2, -0.15) is 0 Å². The topological polar surface area (TPSA) is 66.5 Å². The summed E-state index contributed by atoms with van der Waals surface area (Å²) in [6.07, 6.45) is 2.58. The molecule has 1 aromatic rings. The van der Waals surface area contributed by atoms with E-state index in [1.165, 1.54) is 0 Å². The fourth-order valence-electron chi connectivity index (χ4n) is 1.40. The molecule has 0 unspecified atom stereocenters. The lowest BCUT2D eigenvalue weighted by Gasteiger charge is -2.00. The fourth-order valence-corrected chi connectivity index (χ4v) is 1.40. The molecule has 0 atom stereocenters. The second kappa shape index (κ2) is 9.02. The summed E-state index contributed by atoms with van der Waals surface area (Å²) in [6.45, 7) is 6.12. The SMILES string of the molecule is CCCCCC(O)O.Cc1cccc(C)c1N. The number of anilines is 1. The number of hydrogen-bond donors (Lipinski definition) is 3. The monoisotopic (exact) mass is 239 g/mol. The third-order valence-corrected chi connectivity index (χ3v) is 2.61. The van der Waals surface area contributed by atoms with Gasteiger partial charge < -0.3 is 15.9 Å². The van der Waals surface area contributed by atoms with Gasteiger partial charge in [0, 0.05) is 5.69 Å². The number of unbranched alkanes of at least 4 members (excludes halogenated alkanes) is 2. The molecule has 0 aromatic heterocycles. The predicted molar refractivity (Wildman–Crippen MR) is 72.7 cm³/mol. The molecule has 17 heavy (non-hydrogen) atoms. The number of aliphatic hydroxyl groups is 2. The Morgan fingerprint density at radius 1 is 1.12 bits per heavy atom. The van der Waals surface area contributed by atoms with Crippen molar-refractivity contribution in [2.75, 3.05) is 5.73 Å². The average molecular weight is 239 g/mol. The van der Waals surface area contributed by atoms with Crippen molar-refractivity contribution >= 4 is 5.69 Å². The quantitative estimate of drug-likeness (QED) is 0.430. The average Bonchev–Trinajstić information content (AvgIpc) is 2.27. The lowest BCUT2D eigenvalue weighted by molar-refractivity contribution is -0.0465. The van der Waals surface area contributed by atoms with E-state index in [1.54, 1.807) is 0 Å². The zero-order valence-corrected chi connectivity index (χ0v) is 11.1. The minimum atomic E-state index is -1.10. The van der Waals surface area contributed by atoms with Gasteiger partial charge in [0.1, 0.15) is 0 Å². The van der Waals surface area contributed by atoms with E-state index in [0.717, 1.165) is 36.1 Å². The summed E-state index contributed by atoms with van der Waals surface area (Å²) >= 11 is 0. The van der Waals surface area contributed by atoms with Gasteiger partial charge in [-0.05, 0) is 37.8 Å².